The summed E-state index contributed by atoms with van der Waals surface area (Å²) in [5.74, 6) is 1.61. The van der Waals surface area contributed by atoms with Crippen molar-refractivity contribution in [1.82, 2.24) is 10.6 Å². The summed E-state index contributed by atoms with van der Waals surface area (Å²) in [4.78, 5) is 24.7. The van der Waals surface area contributed by atoms with Gasteiger partial charge in [0.05, 0.1) is 6.04 Å². The molecule has 1 aromatic carbocycles. The van der Waals surface area contributed by atoms with Crippen molar-refractivity contribution >= 4 is 17.8 Å². The molecule has 0 spiro atoms. The molecule has 0 saturated heterocycles. The molecule has 1 aliphatic heterocycles. The molecule has 8 nitrogen and oxygen atoms in total. The summed E-state index contributed by atoms with van der Waals surface area (Å²) >= 11 is 0. The zero-order chi connectivity index (χ0) is 21.6. The summed E-state index contributed by atoms with van der Waals surface area (Å²) in [5, 5.41) is 8.71. The SMILES string of the molecule is CC(C)(C)OC(=O)NC[C@H](NC(=O)Nc1ccc2c(c1)OCCO2)C1CCCCC1. The van der Waals surface area contributed by atoms with Gasteiger partial charge in [0.25, 0.3) is 0 Å². The molecule has 1 atom stereocenters. The second-order valence-corrected chi connectivity index (χ2v) is 8.84. The average molecular weight is 420 g/mol. The van der Waals surface area contributed by atoms with Crippen molar-refractivity contribution in [2.45, 2.75) is 64.5 Å². The summed E-state index contributed by atoms with van der Waals surface area (Å²) < 4.78 is 16.4. The number of hydrogen-bond acceptors (Lipinski definition) is 5. The number of fused-ring (bicyclic) bond motifs is 1. The largest absolute Gasteiger partial charge is 0.486 e. The molecule has 8 heteroatoms. The van der Waals surface area contributed by atoms with Crippen molar-refractivity contribution in [2.24, 2.45) is 5.92 Å². The van der Waals surface area contributed by atoms with E-state index >= 15 is 0 Å². The number of nitrogens with one attached hydrogen (secondary N) is 3. The Morgan fingerprint density at radius 3 is 2.50 bits per heavy atom. The first-order chi connectivity index (χ1) is 14.3. The van der Waals surface area contributed by atoms with Crippen LogP contribution in [0.2, 0.25) is 0 Å². The van der Waals surface area contributed by atoms with Gasteiger partial charge < -0.3 is 30.2 Å². The van der Waals surface area contributed by atoms with Crippen LogP contribution in [0, 0.1) is 5.92 Å². The Hall–Kier alpha value is -2.64. The molecule has 2 aliphatic rings. The minimum Gasteiger partial charge on any atom is -0.486 e. The van der Waals surface area contributed by atoms with E-state index in [4.69, 9.17) is 14.2 Å². The van der Waals surface area contributed by atoms with E-state index in [-0.39, 0.29) is 12.1 Å². The maximum Gasteiger partial charge on any atom is 0.407 e. The summed E-state index contributed by atoms with van der Waals surface area (Å²) in [6, 6.07) is 4.83. The Labute approximate surface area is 178 Å². The van der Waals surface area contributed by atoms with E-state index in [2.05, 4.69) is 16.0 Å². The predicted molar refractivity (Wildman–Crippen MR) is 114 cm³/mol. The lowest BCUT2D eigenvalue weighted by molar-refractivity contribution is 0.0516. The number of carbonyl (C=O) groups excluding carboxylic acids is 2. The third-order valence-corrected chi connectivity index (χ3v) is 5.20. The molecular formula is C22H33N3O5. The fourth-order valence-corrected chi connectivity index (χ4v) is 3.84. The van der Waals surface area contributed by atoms with Crippen LogP contribution < -0.4 is 25.4 Å². The maximum absolute atomic E-state index is 12.7. The average Bonchev–Trinajstić information content (AvgIpc) is 2.70. The monoisotopic (exact) mass is 419 g/mol. The van der Waals surface area contributed by atoms with Crippen LogP contribution in [-0.2, 0) is 4.74 Å². The molecule has 3 N–H and O–H groups in total. The molecule has 0 unspecified atom stereocenters. The van der Waals surface area contributed by atoms with E-state index in [0.717, 1.165) is 25.7 Å². The molecular weight excluding hydrogens is 386 g/mol. The van der Waals surface area contributed by atoms with Crippen LogP contribution in [0.25, 0.3) is 0 Å². The van der Waals surface area contributed by atoms with Crippen LogP contribution in [0.4, 0.5) is 15.3 Å². The fraction of sp³-hybridized carbons (Fsp3) is 0.636. The molecule has 1 heterocycles. The van der Waals surface area contributed by atoms with Gasteiger partial charge in [-0.2, -0.15) is 0 Å². The Balaban J connectivity index is 1.58. The highest BCUT2D eigenvalue weighted by atomic mass is 16.6. The molecule has 1 fully saturated rings. The number of benzene rings is 1. The van der Waals surface area contributed by atoms with Crippen LogP contribution >= 0.6 is 0 Å². The second-order valence-electron chi connectivity index (χ2n) is 8.84. The van der Waals surface area contributed by atoms with Crippen LogP contribution in [0.5, 0.6) is 11.5 Å². The number of hydrogen-bond donors (Lipinski definition) is 3. The van der Waals surface area contributed by atoms with Gasteiger partial charge in [-0.3, -0.25) is 0 Å². The van der Waals surface area contributed by atoms with Gasteiger partial charge in [0.15, 0.2) is 11.5 Å². The standard InChI is InChI=1S/C22H33N3O5/c1-22(2,3)30-21(27)23-14-17(15-7-5-4-6-8-15)25-20(26)24-16-9-10-18-19(13-16)29-12-11-28-18/h9-10,13,15,17H,4-8,11-12,14H2,1-3H3,(H,23,27)(H2,24,25,26)/t17-/m0/s1. The number of anilines is 1. The minimum absolute atomic E-state index is 0.171. The Kier molecular flexibility index (Phi) is 7.29. The van der Waals surface area contributed by atoms with Crippen LogP contribution in [0.15, 0.2) is 18.2 Å². The lowest BCUT2D eigenvalue weighted by Gasteiger charge is -2.31. The second kappa shape index (κ2) is 9.91. The van der Waals surface area contributed by atoms with Gasteiger partial charge in [0.2, 0.25) is 0 Å². The van der Waals surface area contributed by atoms with Gasteiger partial charge in [0, 0.05) is 18.3 Å². The summed E-state index contributed by atoms with van der Waals surface area (Å²) in [6.45, 7) is 6.81. The number of rotatable bonds is 5. The molecule has 3 rings (SSSR count). The molecule has 0 aromatic heterocycles. The zero-order valence-electron chi connectivity index (χ0n) is 18.1. The first-order valence-electron chi connectivity index (χ1n) is 10.7. The summed E-state index contributed by atoms with van der Waals surface area (Å²) in [6.07, 6.45) is 5.08. The van der Waals surface area contributed by atoms with E-state index in [1.807, 2.05) is 20.8 Å². The van der Waals surface area contributed by atoms with Crippen molar-refractivity contribution in [3.05, 3.63) is 18.2 Å². The molecule has 166 valence electrons. The van der Waals surface area contributed by atoms with Crippen molar-refractivity contribution in [2.75, 3.05) is 25.1 Å². The predicted octanol–water partition coefficient (Wildman–Crippen LogP) is 4.05. The summed E-state index contributed by atoms with van der Waals surface area (Å²) in [7, 11) is 0. The molecule has 30 heavy (non-hydrogen) atoms. The number of amides is 3. The smallest absolute Gasteiger partial charge is 0.407 e. The van der Waals surface area contributed by atoms with Gasteiger partial charge in [-0.25, -0.2) is 9.59 Å². The van der Waals surface area contributed by atoms with E-state index in [1.165, 1.54) is 6.42 Å². The number of carbonyl (C=O) groups is 2. The Morgan fingerprint density at radius 1 is 1.10 bits per heavy atom. The molecule has 1 saturated carbocycles. The summed E-state index contributed by atoms with van der Waals surface area (Å²) in [5.41, 5.74) is 0.0623. The van der Waals surface area contributed by atoms with Gasteiger partial charge >= 0.3 is 12.1 Å². The van der Waals surface area contributed by atoms with E-state index in [9.17, 15) is 9.59 Å². The molecule has 3 amide bonds. The first-order valence-corrected chi connectivity index (χ1v) is 10.7. The number of alkyl carbamates (subject to hydrolysis) is 1. The quantitative estimate of drug-likeness (QED) is 0.669. The molecule has 0 bridgehead atoms. The Bertz CT molecular complexity index is 741. The van der Waals surface area contributed by atoms with Crippen molar-refractivity contribution < 1.29 is 23.8 Å². The third kappa shape index (κ3) is 6.71. The molecule has 1 aliphatic carbocycles. The van der Waals surface area contributed by atoms with Gasteiger partial charge in [-0.1, -0.05) is 19.3 Å². The van der Waals surface area contributed by atoms with Gasteiger partial charge in [-0.15, -0.1) is 0 Å². The van der Waals surface area contributed by atoms with E-state index < -0.39 is 11.7 Å². The van der Waals surface area contributed by atoms with Crippen molar-refractivity contribution in [1.29, 1.82) is 0 Å². The first kappa shape index (κ1) is 22.1. The number of urea groups is 1. The van der Waals surface area contributed by atoms with Crippen LogP contribution in [0.3, 0.4) is 0 Å². The highest BCUT2D eigenvalue weighted by molar-refractivity contribution is 5.90. The molecule has 1 aromatic rings. The van der Waals surface area contributed by atoms with Gasteiger partial charge in [-0.05, 0) is 51.7 Å². The minimum atomic E-state index is -0.562. The fourth-order valence-electron chi connectivity index (χ4n) is 3.84. The van der Waals surface area contributed by atoms with E-state index in [0.29, 0.717) is 42.9 Å². The lowest BCUT2D eigenvalue weighted by atomic mass is 9.84. The van der Waals surface area contributed by atoms with Crippen LogP contribution in [0.1, 0.15) is 52.9 Å². The van der Waals surface area contributed by atoms with Crippen molar-refractivity contribution in [3.63, 3.8) is 0 Å². The van der Waals surface area contributed by atoms with Crippen molar-refractivity contribution in [3.8, 4) is 11.5 Å². The third-order valence-electron chi connectivity index (χ3n) is 5.20. The molecule has 0 radical (unpaired) electrons. The number of ether oxygens (including phenoxy) is 3. The zero-order valence-corrected chi connectivity index (χ0v) is 18.1. The highest BCUT2D eigenvalue weighted by Crippen LogP contribution is 2.32. The maximum atomic E-state index is 12.7. The van der Waals surface area contributed by atoms with E-state index in [1.54, 1.807) is 18.2 Å². The van der Waals surface area contributed by atoms with Crippen LogP contribution in [-0.4, -0.2) is 43.5 Å². The Morgan fingerprint density at radius 2 is 1.80 bits per heavy atom. The highest BCUT2D eigenvalue weighted by Gasteiger charge is 2.27. The normalized spacial score (nSPS) is 17.6. The lowest BCUT2D eigenvalue weighted by Crippen LogP contribution is -2.50. The van der Waals surface area contributed by atoms with Gasteiger partial charge in [0.1, 0.15) is 18.8 Å². The topological polar surface area (TPSA) is 97.9 Å².